The largest absolute Gasteiger partial charge is 0.465 e. The van der Waals surface area contributed by atoms with E-state index in [0.717, 1.165) is 17.5 Å². The minimum atomic E-state index is -0.660. The van der Waals surface area contributed by atoms with Gasteiger partial charge in [0.25, 0.3) is 0 Å². The summed E-state index contributed by atoms with van der Waals surface area (Å²) in [6.45, 7) is 2.02. The molecule has 0 unspecified atom stereocenters. The summed E-state index contributed by atoms with van der Waals surface area (Å²) >= 11 is 0. The van der Waals surface area contributed by atoms with Crippen molar-refractivity contribution in [1.29, 1.82) is 0 Å². The van der Waals surface area contributed by atoms with E-state index >= 15 is 0 Å². The molecule has 0 aliphatic rings. The predicted octanol–water partition coefficient (Wildman–Crippen LogP) is 3.67. The summed E-state index contributed by atoms with van der Waals surface area (Å²) < 4.78 is 11.3. The number of carbonyl (C=O) groups is 2. The molecular formula is C21H20N2O4. The number of rotatable bonds is 5. The number of hydrogen-bond acceptors (Lipinski definition) is 5. The topological polar surface area (TPSA) is 70.4 Å². The van der Waals surface area contributed by atoms with Gasteiger partial charge >= 0.3 is 11.9 Å². The lowest BCUT2D eigenvalue weighted by molar-refractivity contribution is 0.0549. The standard InChI is InChI=1S/C21H20N2O4/c1-4-14-10-8-9-13-16(14)18-17(20(24)26-2)19(21(25)27-3)23(22-18)15-11-6-5-7-12-15/h5-13H,4H2,1-3H3. The molecular weight excluding hydrogens is 344 g/mol. The number of ether oxygens (including phenoxy) is 2. The van der Waals surface area contributed by atoms with Crippen LogP contribution in [-0.2, 0) is 15.9 Å². The van der Waals surface area contributed by atoms with Crippen molar-refractivity contribution in [3.8, 4) is 16.9 Å². The number of methoxy groups -OCH3 is 2. The van der Waals surface area contributed by atoms with Gasteiger partial charge in [-0.15, -0.1) is 0 Å². The monoisotopic (exact) mass is 364 g/mol. The fourth-order valence-corrected chi connectivity index (χ4v) is 3.00. The molecule has 0 fully saturated rings. The van der Waals surface area contributed by atoms with Crippen molar-refractivity contribution in [1.82, 2.24) is 9.78 Å². The number of esters is 2. The third kappa shape index (κ3) is 3.33. The highest BCUT2D eigenvalue weighted by Crippen LogP contribution is 2.31. The van der Waals surface area contributed by atoms with Crippen LogP contribution < -0.4 is 0 Å². The maximum atomic E-state index is 12.6. The van der Waals surface area contributed by atoms with E-state index in [9.17, 15) is 9.59 Å². The average Bonchev–Trinajstić information content (AvgIpc) is 3.13. The molecule has 0 spiro atoms. The Bertz CT molecular complexity index is 977. The average molecular weight is 364 g/mol. The molecule has 0 radical (unpaired) electrons. The summed E-state index contributed by atoms with van der Waals surface area (Å²) in [6, 6.07) is 16.8. The lowest BCUT2D eigenvalue weighted by atomic mass is 9.99. The molecule has 27 heavy (non-hydrogen) atoms. The Morgan fingerprint density at radius 1 is 0.926 bits per heavy atom. The van der Waals surface area contributed by atoms with Gasteiger partial charge in [-0.1, -0.05) is 49.4 Å². The second-order valence-corrected chi connectivity index (χ2v) is 5.81. The van der Waals surface area contributed by atoms with Crippen LogP contribution in [0.25, 0.3) is 16.9 Å². The molecule has 3 rings (SSSR count). The Labute approximate surface area is 157 Å². The Hall–Kier alpha value is -3.41. The van der Waals surface area contributed by atoms with Crippen LogP contribution in [0.1, 0.15) is 33.3 Å². The van der Waals surface area contributed by atoms with Gasteiger partial charge < -0.3 is 9.47 Å². The number of carbonyl (C=O) groups excluding carboxylic acids is 2. The molecule has 1 heterocycles. The fraction of sp³-hybridized carbons (Fsp3) is 0.190. The molecule has 0 aliphatic heterocycles. The van der Waals surface area contributed by atoms with Gasteiger partial charge in [-0.25, -0.2) is 14.3 Å². The number of aryl methyl sites for hydroxylation is 1. The highest BCUT2D eigenvalue weighted by atomic mass is 16.5. The number of hydrogen-bond donors (Lipinski definition) is 0. The Balaban J connectivity index is 2.38. The predicted molar refractivity (Wildman–Crippen MR) is 101 cm³/mol. The first kappa shape index (κ1) is 18.4. The van der Waals surface area contributed by atoms with Crippen LogP contribution in [-0.4, -0.2) is 35.9 Å². The molecule has 1 aromatic heterocycles. The molecule has 0 atom stereocenters. The van der Waals surface area contributed by atoms with Gasteiger partial charge in [-0.2, -0.15) is 5.10 Å². The summed E-state index contributed by atoms with van der Waals surface area (Å²) in [6.07, 6.45) is 0.753. The van der Waals surface area contributed by atoms with Gasteiger partial charge in [0.1, 0.15) is 11.3 Å². The second kappa shape index (κ2) is 7.86. The molecule has 0 N–H and O–H groups in total. The van der Waals surface area contributed by atoms with Gasteiger partial charge in [0.05, 0.1) is 19.9 Å². The fourth-order valence-electron chi connectivity index (χ4n) is 3.00. The first-order valence-electron chi connectivity index (χ1n) is 8.55. The third-order valence-corrected chi connectivity index (χ3v) is 4.31. The lowest BCUT2D eigenvalue weighted by Gasteiger charge is -2.07. The van der Waals surface area contributed by atoms with Crippen LogP contribution in [0.3, 0.4) is 0 Å². The quantitative estimate of drug-likeness (QED) is 0.646. The van der Waals surface area contributed by atoms with E-state index in [2.05, 4.69) is 5.10 Å². The van der Waals surface area contributed by atoms with Crippen LogP contribution in [0.15, 0.2) is 54.6 Å². The van der Waals surface area contributed by atoms with Gasteiger partial charge in [0.2, 0.25) is 0 Å². The van der Waals surface area contributed by atoms with Gasteiger partial charge in [0, 0.05) is 5.56 Å². The van der Waals surface area contributed by atoms with Crippen LogP contribution >= 0.6 is 0 Å². The Kier molecular flexibility index (Phi) is 5.35. The van der Waals surface area contributed by atoms with Crippen molar-refractivity contribution in [2.45, 2.75) is 13.3 Å². The minimum absolute atomic E-state index is 0.0384. The maximum Gasteiger partial charge on any atom is 0.357 e. The molecule has 138 valence electrons. The van der Waals surface area contributed by atoms with Crippen molar-refractivity contribution in [3.05, 3.63) is 71.4 Å². The second-order valence-electron chi connectivity index (χ2n) is 5.81. The Morgan fingerprint density at radius 2 is 1.56 bits per heavy atom. The van der Waals surface area contributed by atoms with E-state index in [1.54, 1.807) is 12.1 Å². The highest BCUT2D eigenvalue weighted by molar-refractivity contribution is 6.07. The molecule has 0 bridgehead atoms. The van der Waals surface area contributed by atoms with Crippen LogP contribution in [0.5, 0.6) is 0 Å². The summed E-state index contributed by atoms with van der Waals surface area (Å²) in [5, 5.41) is 4.61. The zero-order valence-electron chi connectivity index (χ0n) is 15.4. The number of benzene rings is 2. The normalized spacial score (nSPS) is 10.5. The molecule has 6 heteroatoms. The molecule has 3 aromatic rings. The van der Waals surface area contributed by atoms with Crippen molar-refractivity contribution in [2.24, 2.45) is 0 Å². The molecule has 6 nitrogen and oxygen atoms in total. The SMILES string of the molecule is CCc1ccccc1-c1nn(-c2ccccc2)c(C(=O)OC)c1C(=O)OC. The summed E-state index contributed by atoms with van der Waals surface area (Å²) in [5.41, 5.74) is 2.95. The van der Waals surface area contributed by atoms with Gasteiger partial charge in [-0.05, 0) is 24.1 Å². The van der Waals surface area contributed by atoms with Crippen LogP contribution in [0.2, 0.25) is 0 Å². The summed E-state index contributed by atoms with van der Waals surface area (Å²) in [5.74, 6) is -1.30. The number of aromatic nitrogens is 2. The molecule has 0 amide bonds. The highest BCUT2D eigenvalue weighted by Gasteiger charge is 2.31. The van der Waals surface area contributed by atoms with Crippen molar-refractivity contribution < 1.29 is 19.1 Å². The first-order chi connectivity index (χ1) is 13.1. The van der Waals surface area contributed by atoms with E-state index in [4.69, 9.17) is 9.47 Å². The summed E-state index contributed by atoms with van der Waals surface area (Å²) in [4.78, 5) is 25.2. The van der Waals surface area contributed by atoms with E-state index in [0.29, 0.717) is 11.4 Å². The summed E-state index contributed by atoms with van der Waals surface area (Å²) in [7, 11) is 2.55. The van der Waals surface area contributed by atoms with Crippen LogP contribution in [0.4, 0.5) is 0 Å². The number of para-hydroxylation sites is 1. The molecule has 0 saturated heterocycles. The van der Waals surface area contributed by atoms with Gasteiger partial charge in [-0.3, -0.25) is 0 Å². The van der Waals surface area contributed by atoms with Crippen LogP contribution in [0, 0.1) is 0 Å². The zero-order chi connectivity index (χ0) is 19.4. The smallest absolute Gasteiger partial charge is 0.357 e. The molecule has 0 saturated carbocycles. The minimum Gasteiger partial charge on any atom is -0.465 e. The van der Waals surface area contributed by atoms with Crippen molar-refractivity contribution in [3.63, 3.8) is 0 Å². The zero-order valence-corrected chi connectivity index (χ0v) is 15.4. The first-order valence-corrected chi connectivity index (χ1v) is 8.55. The Morgan fingerprint density at radius 3 is 2.19 bits per heavy atom. The molecule has 2 aromatic carbocycles. The van der Waals surface area contributed by atoms with E-state index in [1.165, 1.54) is 18.9 Å². The number of nitrogens with zero attached hydrogens (tertiary/aromatic N) is 2. The van der Waals surface area contributed by atoms with Gasteiger partial charge in [0.15, 0.2) is 5.69 Å². The van der Waals surface area contributed by atoms with E-state index in [1.807, 2.05) is 49.4 Å². The molecule has 0 aliphatic carbocycles. The maximum absolute atomic E-state index is 12.6. The lowest BCUT2D eigenvalue weighted by Crippen LogP contribution is -2.15. The van der Waals surface area contributed by atoms with Crippen molar-refractivity contribution in [2.75, 3.05) is 14.2 Å². The van der Waals surface area contributed by atoms with Crippen molar-refractivity contribution >= 4 is 11.9 Å². The van der Waals surface area contributed by atoms with E-state index in [-0.39, 0.29) is 11.3 Å². The third-order valence-electron chi connectivity index (χ3n) is 4.31. The van der Waals surface area contributed by atoms with E-state index < -0.39 is 11.9 Å².